The predicted molar refractivity (Wildman–Crippen MR) is 357 cm³/mol. The zero-order chi connectivity index (χ0) is 59.1. The van der Waals surface area contributed by atoms with Gasteiger partial charge in [-0.2, -0.15) is 0 Å². The number of rotatable bonds is 3. The van der Waals surface area contributed by atoms with Crippen LogP contribution in [0.2, 0.25) is 0 Å². The summed E-state index contributed by atoms with van der Waals surface area (Å²) in [6, 6.07) is 45.8. The number of nitrogens with zero attached hydrogens (tertiary/aromatic N) is 3. The molecule has 3 heterocycles. The van der Waals surface area contributed by atoms with Gasteiger partial charge in [-0.15, -0.1) is 0 Å². The van der Waals surface area contributed by atoms with E-state index >= 15 is 0 Å². The molecule has 7 aliphatic rings. The van der Waals surface area contributed by atoms with Crippen molar-refractivity contribution in [1.29, 1.82) is 0 Å². The highest BCUT2D eigenvalue weighted by Crippen LogP contribution is 2.63. The Balaban J connectivity index is 1.10. The van der Waals surface area contributed by atoms with E-state index < -0.39 is 0 Å². The van der Waals surface area contributed by atoms with E-state index in [9.17, 15) is 0 Å². The van der Waals surface area contributed by atoms with Crippen molar-refractivity contribution >= 4 is 68.6 Å². The SMILES string of the molecule is Cc1cc2c3c(c1)N(c1cc4c(cc1C)C(C)(C)CCC4(C)C)c1cc4c(cc1B3c1ccc(N3c5ccc(C(C)(C)C)cc5C5(C)CCCCC35C)cc1N2c1cc2c(cc1C)C(C)(C)CCC2(C)C)C(C)(C)c1ccccc1C4(C)C. The molecule has 0 spiro atoms. The molecule has 7 aromatic carbocycles. The molecule has 0 aromatic heterocycles. The Morgan fingerprint density at radius 3 is 1.37 bits per heavy atom. The third-order valence-corrected chi connectivity index (χ3v) is 24.0. The molecule has 1 fully saturated rings. The summed E-state index contributed by atoms with van der Waals surface area (Å²) in [5.74, 6) is 0. The van der Waals surface area contributed by atoms with Crippen LogP contribution in [-0.4, -0.2) is 12.3 Å². The molecule has 2 unspecified atom stereocenters. The predicted octanol–water partition coefficient (Wildman–Crippen LogP) is 19.4. The molecule has 83 heavy (non-hydrogen) atoms. The Morgan fingerprint density at radius 1 is 0.386 bits per heavy atom. The van der Waals surface area contributed by atoms with Crippen molar-refractivity contribution in [3.05, 3.63) is 182 Å². The van der Waals surface area contributed by atoms with Crippen molar-refractivity contribution in [3.8, 4) is 0 Å². The summed E-state index contributed by atoms with van der Waals surface area (Å²) >= 11 is 0. The highest BCUT2D eigenvalue weighted by Gasteiger charge is 2.58. The van der Waals surface area contributed by atoms with Crippen LogP contribution in [0.4, 0.5) is 45.5 Å². The van der Waals surface area contributed by atoms with Crippen molar-refractivity contribution in [2.75, 3.05) is 14.7 Å². The molecule has 3 aliphatic heterocycles. The molecule has 2 atom stereocenters. The van der Waals surface area contributed by atoms with Gasteiger partial charge in [-0.3, -0.25) is 0 Å². The number of benzene rings is 7. The topological polar surface area (TPSA) is 9.72 Å². The number of anilines is 8. The summed E-state index contributed by atoms with van der Waals surface area (Å²) in [6.07, 6.45) is 9.59. The monoisotopic (exact) mass is 1100 g/mol. The largest absolute Gasteiger partial charge is 0.334 e. The van der Waals surface area contributed by atoms with E-state index in [1.54, 1.807) is 0 Å². The van der Waals surface area contributed by atoms with Gasteiger partial charge < -0.3 is 14.7 Å². The van der Waals surface area contributed by atoms with Gasteiger partial charge in [0.15, 0.2) is 0 Å². The molecule has 1 saturated carbocycles. The first kappa shape index (κ1) is 54.9. The Kier molecular flexibility index (Phi) is 11.3. The molecule has 0 saturated heterocycles. The lowest BCUT2D eigenvalue weighted by molar-refractivity contribution is 0.195. The fraction of sp³-hybridized carbons (Fsp3) is 0.468. The average Bonchev–Trinajstić information content (AvgIpc) is 1.73. The Hall–Kier alpha value is -6.00. The van der Waals surface area contributed by atoms with E-state index in [0.29, 0.717) is 0 Å². The molecule has 0 N–H and O–H groups in total. The standard InChI is InChI=1S/C79H94BN3/c1-47-37-68-70-69(38-47)82(65-45-57-55(40-49(65)3)73(9,10)34-36-75(57,13)14)67-46-59-58(76(15,16)52-25-21-22-26-53(52)77(59,17)18)43-62(67)80(70)61-29-28-51(42-66(61)81(68)64-44-56-54(39-48(64)2)72(7,8)33-35-74(56,11)12)83-63-30-27-50(71(4,5)6)41-60(63)78(19)31-23-24-32-79(78,83)20/h21-22,25-30,37-46H,23-24,31-36H2,1-20H3. The van der Waals surface area contributed by atoms with Gasteiger partial charge in [0.2, 0.25) is 0 Å². The minimum absolute atomic E-state index is 0.00730. The summed E-state index contributed by atoms with van der Waals surface area (Å²) in [5, 5.41) is 0. The molecule has 14 rings (SSSR count). The maximum Gasteiger partial charge on any atom is 0.252 e. The van der Waals surface area contributed by atoms with Gasteiger partial charge in [-0.05, 0) is 231 Å². The minimum atomic E-state index is -0.221. The van der Waals surface area contributed by atoms with Crippen LogP contribution in [0.25, 0.3) is 0 Å². The number of fused-ring (bicyclic) bond motifs is 11. The van der Waals surface area contributed by atoms with Gasteiger partial charge in [0.05, 0.1) is 5.54 Å². The highest BCUT2D eigenvalue weighted by molar-refractivity contribution is 7.00. The summed E-state index contributed by atoms with van der Waals surface area (Å²) in [4.78, 5) is 8.40. The van der Waals surface area contributed by atoms with Gasteiger partial charge in [-0.1, -0.05) is 184 Å². The van der Waals surface area contributed by atoms with Gasteiger partial charge in [0.25, 0.3) is 6.71 Å². The fourth-order valence-electron chi connectivity index (χ4n) is 18.2. The number of aryl methyl sites for hydroxylation is 3. The fourth-order valence-corrected chi connectivity index (χ4v) is 18.2. The van der Waals surface area contributed by atoms with E-state index in [1.807, 2.05) is 0 Å². The molecular formula is C79H94BN3. The maximum absolute atomic E-state index is 2.84. The van der Waals surface area contributed by atoms with Crippen LogP contribution in [-0.2, 0) is 43.3 Å². The van der Waals surface area contributed by atoms with Gasteiger partial charge >= 0.3 is 0 Å². The Labute approximate surface area is 500 Å². The quantitative estimate of drug-likeness (QED) is 0.163. The van der Waals surface area contributed by atoms with Gasteiger partial charge in [0.1, 0.15) is 0 Å². The smallest absolute Gasteiger partial charge is 0.252 e. The molecule has 0 bridgehead atoms. The van der Waals surface area contributed by atoms with Crippen LogP contribution in [0.15, 0.2) is 109 Å². The second kappa shape index (κ2) is 17.1. The highest BCUT2D eigenvalue weighted by atomic mass is 15.3. The van der Waals surface area contributed by atoms with Crippen LogP contribution in [0.5, 0.6) is 0 Å². The Morgan fingerprint density at radius 2 is 0.855 bits per heavy atom. The zero-order valence-corrected chi connectivity index (χ0v) is 54.5. The molecule has 7 aromatic rings. The average molecular weight is 1100 g/mol. The summed E-state index contributed by atoms with van der Waals surface area (Å²) in [5.41, 5.74) is 33.3. The number of hydrogen-bond acceptors (Lipinski definition) is 3. The molecule has 0 amide bonds. The molecule has 0 radical (unpaired) electrons. The second-order valence-electron chi connectivity index (χ2n) is 32.9. The molecular weight excluding hydrogens is 1000 g/mol. The lowest BCUT2D eigenvalue weighted by Crippen LogP contribution is -2.62. The summed E-state index contributed by atoms with van der Waals surface area (Å²) in [6.45, 7) is 49.4. The van der Waals surface area contributed by atoms with Crippen molar-refractivity contribution in [3.63, 3.8) is 0 Å². The van der Waals surface area contributed by atoms with Gasteiger partial charge in [0, 0.05) is 61.7 Å². The Bertz CT molecular complexity index is 3960. The van der Waals surface area contributed by atoms with Crippen LogP contribution in [0.1, 0.15) is 241 Å². The van der Waals surface area contributed by atoms with Crippen LogP contribution >= 0.6 is 0 Å². The van der Waals surface area contributed by atoms with E-state index in [1.165, 1.54) is 179 Å². The second-order valence-corrected chi connectivity index (χ2v) is 32.9. The number of hydrogen-bond donors (Lipinski definition) is 0. The van der Waals surface area contributed by atoms with Crippen LogP contribution in [0.3, 0.4) is 0 Å². The maximum atomic E-state index is 2.84. The first-order chi connectivity index (χ1) is 38.7. The molecule has 4 heteroatoms. The normalized spacial score (nSPS) is 23.9. The van der Waals surface area contributed by atoms with Crippen molar-refractivity contribution < 1.29 is 0 Å². The molecule has 428 valence electrons. The van der Waals surface area contributed by atoms with E-state index in [-0.39, 0.29) is 55.6 Å². The van der Waals surface area contributed by atoms with E-state index in [2.05, 4.69) is 262 Å². The lowest BCUT2D eigenvalue weighted by Gasteiger charge is -2.51. The van der Waals surface area contributed by atoms with E-state index in [0.717, 1.165) is 6.42 Å². The third kappa shape index (κ3) is 7.41. The third-order valence-electron chi connectivity index (χ3n) is 24.0. The summed E-state index contributed by atoms with van der Waals surface area (Å²) in [7, 11) is 0. The zero-order valence-electron chi connectivity index (χ0n) is 54.5. The van der Waals surface area contributed by atoms with Crippen molar-refractivity contribution in [1.82, 2.24) is 0 Å². The first-order valence-corrected chi connectivity index (χ1v) is 32.2. The van der Waals surface area contributed by atoms with Crippen molar-refractivity contribution in [2.24, 2.45) is 0 Å². The first-order valence-electron chi connectivity index (χ1n) is 32.2. The van der Waals surface area contributed by atoms with Gasteiger partial charge in [-0.25, -0.2) is 0 Å². The minimum Gasteiger partial charge on any atom is -0.334 e. The molecule has 4 aliphatic carbocycles. The lowest BCUT2D eigenvalue weighted by atomic mass is 9.33. The van der Waals surface area contributed by atoms with E-state index in [4.69, 9.17) is 0 Å². The van der Waals surface area contributed by atoms with Crippen LogP contribution in [0, 0.1) is 20.8 Å². The molecule has 3 nitrogen and oxygen atoms in total. The van der Waals surface area contributed by atoms with Crippen molar-refractivity contribution in [2.45, 2.75) is 239 Å². The van der Waals surface area contributed by atoms with Crippen LogP contribution < -0.4 is 31.1 Å². The summed E-state index contributed by atoms with van der Waals surface area (Å²) < 4.78 is 0.